The number of benzene rings is 2. The molecule has 1 aliphatic rings. The van der Waals surface area contributed by atoms with Gasteiger partial charge in [-0.25, -0.2) is 4.79 Å². The van der Waals surface area contributed by atoms with E-state index >= 15 is 0 Å². The Hall–Kier alpha value is -3.08. The molecule has 2 aromatic rings. The van der Waals surface area contributed by atoms with Crippen LogP contribution >= 0.6 is 0 Å². The van der Waals surface area contributed by atoms with E-state index in [0.29, 0.717) is 0 Å². The first-order chi connectivity index (χ1) is 11.2. The van der Waals surface area contributed by atoms with Gasteiger partial charge in [-0.3, -0.25) is 9.69 Å². The Balaban J connectivity index is 2.07. The number of nitrogens with zero attached hydrogens (tertiary/aromatic N) is 1. The van der Waals surface area contributed by atoms with Gasteiger partial charge in [0.25, 0.3) is 5.91 Å². The summed E-state index contributed by atoms with van der Waals surface area (Å²) in [6, 6.07) is 16.8. The molecule has 1 aliphatic heterocycles. The second-order valence-electron chi connectivity index (χ2n) is 4.93. The van der Waals surface area contributed by atoms with Gasteiger partial charge < -0.3 is 10.1 Å². The van der Waals surface area contributed by atoms with Crippen molar-refractivity contribution in [2.24, 2.45) is 0 Å². The van der Waals surface area contributed by atoms with Gasteiger partial charge in [0.15, 0.2) is 0 Å². The summed E-state index contributed by atoms with van der Waals surface area (Å²) in [4.78, 5) is 26.1. The molecule has 0 bridgehead atoms. The molecular formula is C18H16N2O3. The van der Waals surface area contributed by atoms with Crippen molar-refractivity contribution in [2.75, 3.05) is 16.8 Å². The monoisotopic (exact) mass is 308 g/mol. The molecule has 0 aliphatic carbocycles. The smallest absolute Gasteiger partial charge is 0.333 e. The first kappa shape index (κ1) is 14.8. The van der Waals surface area contributed by atoms with Gasteiger partial charge in [0.2, 0.25) is 0 Å². The van der Waals surface area contributed by atoms with Gasteiger partial charge in [0.1, 0.15) is 5.70 Å². The number of para-hydroxylation sites is 3. The van der Waals surface area contributed by atoms with E-state index in [1.165, 1.54) is 6.08 Å². The van der Waals surface area contributed by atoms with Crippen LogP contribution in [0.15, 0.2) is 66.4 Å². The van der Waals surface area contributed by atoms with E-state index in [2.05, 4.69) is 5.32 Å². The van der Waals surface area contributed by atoms with Crippen LogP contribution in [0.4, 0.5) is 17.1 Å². The molecule has 1 amide bonds. The van der Waals surface area contributed by atoms with Crippen molar-refractivity contribution in [2.45, 2.75) is 6.92 Å². The lowest BCUT2D eigenvalue weighted by Crippen LogP contribution is -2.35. The zero-order chi connectivity index (χ0) is 16.2. The predicted octanol–water partition coefficient (Wildman–Crippen LogP) is 3.22. The summed E-state index contributed by atoms with van der Waals surface area (Å²) in [5.74, 6) is -0.848. The summed E-state index contributed by atoms with van der Waals surface area (Å²) in [6.07, 6.45) is 1.19. The number of rotatable bonds is 3. The van der Waals surface area contributed by atoms with Gasteiger partial charge >= 0.3 is 5.97 Å². The summed E-state index contributed by atoms with van der Waals surface area (Å²) in [5, 5.41) is 3.00. The topological polar surface area (TPSA) is 58.6 Å². The lowest BCUT2D eigenvalue weighted by molar-refractivity contribution is -0.137. The Labute approximate surface area is 134 Å². The maximum absolute atomic E-state index is 12.8. The van der Waals surface area contributed by atoms with E-state index < -0.39 is 5.97 Å². The minimum absolute atomic E-state index is 0.186. The Morgan fingerprint density at radius 3 is 2.57 bits per heavy atom. The number of anilines is 3. The molecule has 23 heavy (non-hydrogen) atoms. The van der Waals surface area contributed by atoms with Crippen molar-refractivity contribution >= 4 is 28.9 Å². The van der Waals surface area contributed by atoms with Crippen LogP contribution in [0.25, 0.3) is 0 Å². The molecule has 0 aromatic heterocycles. The third-order valence-electron chi connectivity index (χ3n) is 3.41. The van der Waals surface area contributed by atoms with Gasteiger partial charge in [0, 0.05) is 5.69 Å². The molecule has 0 saturated heterocycles. The molecule has 0 spiro atoms. The van der Waals surface area contributed by atoms with E-state index in [1.807, 2.05) is 54.6 Å². The van der Waals surface area contributed by atoms with Gasteiger partial charge in [0.05, 0.1) is 24.1 Å². The standard InChI is InChI=1S/C18H16N2O3/c1-2-23-17(21)12-15-18(22)20(13-8-4-3-5-9-13)16-11-7-6-10-14(16)19-15/h3-12,19H,2H2,1H3/b15-12-. The number of nitrogens with one attached hydrogen (secondary N) is 1. The summed E-state index contributed by atoms with van der Waals surface area (Å²) in [5.41, 5.74) is 2.42. The molecule has 0 fully saturated rings. The Bertz CT molecular complexity index is 769. The van der Waals surface area contributed by atoms with Crippen molar-refractivity contribution in [3.05, 3.63) is 66.4 Å². The SMILES string of the molecule is CCOC(=O)/C=C1\Nc2ccccc2N(c2ccccc2)C1=O. The van der Waals surface area contributed by atoms with Crippen molar-refractivity contribution < 1.29 is 14.3 Å². The second kappa shape index (κ2) is 6.36. The van der Waals surface area contributed by atoms with Gasteiger partial charge in [-0.15, -0.1) is 0 Å². The number of carbonyl (C=O) groups is 2. The van der Waals surface area contributed by atoms with Crippen molar-refractivity contribution in [1.82, 2.24) is 0 Å². The zero-order valence-electron chi connectivity index (χ0n) is 12.7. The van der Waals surface area contributed by atoms with Crippen LogP contribution in [0.3, 0.4) is 0 Å². The number of fused-ring (bicyclic) bond motifs is 1. The largest absolute Gasteiger partial charge is 0.463 e. The Morgan fingerprint density at radius 2 is 1.83 bits per heavy atom. The minimum Gasteiger partial charge on any atom is -0.463 e. The zero-order valence-corrected chi connectivity index (χ0v) is 12.7. The fourth-order valence-corrected chi connectivity index (χ4v) is 2.44. The second-order valence-corrected chi connectivity index (χ2v) is 4.93. The number of ether oxygens (including phenoxy) is 1. The molecule has 5 heteroatoms. The van der Waals surface area contributed by atoms with Crippen LogP contribution in [0.5, 0.6) is 0 Å². The highest BCUT2D eigenvalue weighted by Gasteiger charge is 2.29. The molecule has 0 radical (unpaired) electrons. The number of hydrogen-bond acceptors (Lipinski definition) is 4. The van der Waals surface area contributed by atoms with E-state index in [1.54, 1.807) is 11.8 Å². The normalized spacial score (nSPS) is 15.1. The van der Waals surface area contributed by atoms with Gasteiger partial charge in [-0.05, 0) is 31.2 Å². The van der Waals surface area contributed by atoms with Crippen molar-refractivity contribution in [3.63, 3.8) is 0 Å². The summed E-state index contributed by atoms with van der Waals surface area (Å²) in [6.45, 7) is 1.98. The van der Waals surface area contributed by atoms with Crippen LogP contribution < -0.4 is 10.2 Å². The van der Waals surface area contributed by atoms with Crippen LogP contribution in [0.2, 0.25) is 0 Å². The molecule has 5 nitrogen and oxygen atoms in total. The molecule has 0 unspecified atom stereocenters. The van der Waals surface area contributed by atoms with E-state index in [9.17, 15) is 9.59 Å². The highest BCUT2D eigenvalue weighted by Crippen LogP contribution is 2.37. The van der Waals surface area contributed by atoms with E-state index in [-0.39, 0.29) is 18.2 Å². The van der Waals surface area contributed by atoms with Crippen LogP contribution in [0, 0.1) is 0 Å². The molecule has 0 atom stereocenters. The molecular weight excluding hydrogens is 292 g/mol. The van der Waals surface area contributed by atoms with Crippen LogP contribution in [0.1, 0.15) is 6.92 Å². The third kappa shape index (κ3) is 2.94. The molecule has 1 heterocycles. The molecule has 1 N–H and O–H groups in total. The summed E-state index contributed by atoms with van der Waals surface area (Å²) >= 11 is 0. The van der Waals surface area contributed by atoms with Gasteiger partial charge in [-0.1, -0.05) is 30.3 Å². The first-order valence-corrected chi connectivity index (χ1v) is 7.34. The molecule has 3 rings (SSSR count). The van der Waals surface area contributed by atoms with Crippen LogP contribution in [-0.4, -0.2) is 18.5 Å². The fourth-order valence-electron chi connectivity index (χ4n) is 2.44. The van der Waals surface area contributed by atoms with Gasteiger partial charge in [-0.2, -0.15) is 0 Å². The van der Waals surface area contributed by atoms with E-state index in [4.69, 9.17) is 4.74 Å². The lowest BCUT2D eigenvalue weighted by atomic mass is 10.1. The van der Waals surface area contributed by atoms with Crippen molar-refractivity contribution in [1.29, 1.82) is 0 Å². The fraction of sp³-hybridized carbons (Fsp3) is 0.111. The highest BCUT2D eigenvalue weighted by atomic mass is 16.5. The summed E-state index contributed by atoms with van der Waals surface area (Å²) in [7, 11) is 0. The van der Waals surface area contributed by atoms with E-state index in [0.717, 1.165) is 17.1 Å². The maximum Gasteiger partial charge on any atom is 0.333 e. The first-order valence-electron chi connectivity index (χ1n) is 7.34. The molecule has 2 aromatic carbocycles. The predicted molar refractivity (Wildman–Crippen MR) is 88.4 cm³/mol. The molecule has 116 valence electrons. The number of carbonyl (C=O) groups excluding carboxylic acids is 2. The third-order valence-corrected chi connectivity index (χ3v) is 3.41. The number of hydrogen-bond donors (Lipinski definition) is 1. The quantitative estimate of drug-likeness (QED) is 0.698. The highest BCUT2D eigenvalue weighted by molar-refractivity contribution is 6.18. The Morgan fingerprint density at radius 1 is 1.13 bits per heavy atom. The summed E-state index contributed by atoms with van der Waals surface area (Å²) < 4.78 is 4.90. The average Bonchev–Trinajstić information content (AvgIpc) is 2.57. The Kier molecular flexibility index (Phi) is 4.10. The van der Waals surface area contributed by atoms with Crippen LogP contribution in [-0.2, 0) is 14.3 Å². The minimum atomic E-state index is -0.546. The maximum atomic E-state index is 12.8. The number of esters is 1. The molecule has 0 saturated carbocycles. The van der Waals surface area contributed by atoms with Crippen molar-refractivity contribution in [3.8, 4) is 0 Å². The average molecular weight is 308 g/mol. The lowest BCUT2D eigenvalue weighted by Gasteiger charge is -2.31. The number of amides is 1.